The van der Waals surface area contributed by atoms with Gasteiger partial charge in [0.25, 0.3) is 0 Å². The van der Waals surface area contributed by atoms with E-state index in [2.05, 4.69) is 0 Å². The van der Waals surface area contributed by atoms with E-state index >= 15 is 0 Å². The molecule has 1 aliphatic heterocycles. The van der Waals surface area contributed by atoms with E-state index in [4.69, 9.17) is 10.1 Å². The lowest BCUT2D eigenvalue weighted by molar-refractivity contribution is -0.182. The number of fused-ring (bicyclic) bond motifs is 1. The van der Waals surface area contributed by atoms with E-state index in [1.165, 1.54) is 0 Å². The molecule has 4 rings (SSSR count). The Morgan fingerprint density at radius 3 is 2.50 bits per heavy atom. The molecule has 188 valence electrons. The minimum atomic E-state index is -4.16. The third-order valence-electron chi connectivity index (χ3n) is 7.59. The number of hydrogen-bond acceptors (Lipinski definition) is 4. The first-order chi connectivity index (χ1) is 16.0. The van der Waals surface area contributed by atoms with Crippen molar-refractivity contribution in [2.45, 2.75) is 77.3 Å². The molecule has 0 amide bonds. The van der Waals surface area contributed by atoms with Crippen LogP contribution < -0.4 is 4.90 Å². The van der Waals surface area contributed by atoms with Crippen LogP contribution in [0.5, 0.6) is 0 Å². The molecule has 0 aromatic carbocycles. The van der Waals surface area contributed by atoms with Crippen molar-refractivity contribution in [1.82, 2.24) is 14.6 Å². The Labute approximate surface area is 196 Å². The van der Waals surface area contributed by atoms with Gasteiger partial charge in [-0.15, -0.1) is 0 Å². The van der Waals surface area contributed by atoms with Crippen LogP contribution in [0.4, 0.5) is 23.4 Å². The summed E-state index contributed by atoms with van der Waals surface area (Å²) in [5.41, 5.74) is 1.53. The molecule has 2 aromatic rings. The predicted molar refractivity (Wildman–Crippen MR) is 120 cm³/mol. The number of hydrogen-bond donors (Lipinski definition) is 1. The number of carbonyl (C=O) groups is 1. The minimum absolute atomic E-state index is 0.0307. The third-order valence-corrected chi connectivity index (χ3v) is 7.59. The largest absolute Gasteiger partial charge is 0.481 e. The van der Waals surface area contributed by atoms with E-state index in [-0.39, 0.29) is 37.6 Å². The molecule has 1 aliphatic carbocycles. The molecule has 6 nitrogen and oxygen atoms in total. The SMILES string of the molecule is Cc1nc2cc([C@H]3CC[C@H](C(F)(F)F)CC3)nn2c(N2CCC[C@@](CF)(C(=O)O)C2)c1C(C)C. The molecule has 0 bridgehead atoms. The number of piperidine rings is 1. The van der Waals surface area contributed by atoms with Crippen LogP contribution in [0.25, 0.3) is 5.65 Å². The van der Waals surface area contributed by atoms with Crippen LogP contribution >= 0.6 is 0 Å². The highest BCUT2D eigenvalue weighted by molar-refractivity contribution is 5.76. The summed E-state index contributed by atoms with van der Waals surface area (Å²) in [6, 6.07) is 1.84. The normalized spacial score (nSPS) is 26.4. The average Bonchev–Trinajstić information content (AvgIpc) is 3.20. The van der Waals surface area contributed by atoms with E-state index in [1.54, 1.807) is 4.52 Å². The molecule has 1 saturated heterocycles. The van der Waals surface area contributed by atoms with Crippen molar-refractivity contribution in [2.24, 2.45) is 11.3 Å². The van der Waals surface area contributed by atoms with Crippen LogP contribution in [0.2, 0.25) is 0 Å². The van der Waals surface area contributed by atoms with E-state index < -0.39 is 30.2 Å². The van der Waals surface area contributed by atoms with E-state index in [9.17, 15) is 27.5 Å². The monoisotopic (exact) mass is 484 g/mol. The summed E-state index contributed by atoms with van der Waals surface area (Å²) < 4.78 is 55.0. The van der Waals surface area contributed by atoms with E-state index in [1.807, 2.05) is 31.7 Å². The van der Waals surface area contributed by atoms with Crippen LogP contribution in [0.15, 0.2) is 6.07 Å². The van der Waals surface area contributed by atoms with E-state index in [0.29, 0.717) is 43.0 Å². The summed E-state index contributed by atoms with van der Waals surface area (Å²) in [5.74, 6) is -1.71. The second-order valence-corrected chi connectivity index (χ2v) is 10.3. The molecule has 3 heterocycles. The average molecular weight is 485 g/mol. The molecule has 10 heteroatoms. The summed E-state index contributed by atoms with van der Waals surface area (Å²) in [6.07, 6.45) is -2.37. The topological polar surface area (TPSA) is 70.7 Å². The smallest absolute Gasteiger partial charge is 0.391 e. The van der Waals surface area contributed by atoms with Crippen LogP contribution in [0.3, 0.4) is 0 Å². The molecule has 2 fully saturated rings. The van der Waals surface area contributed by atoms with Crippen LogP contribution in [-0.2, 0) is 4.79 Å². The number of carboxylic acids is 1. The number of aliphatic carboxylic acids is 1. The van der Waals surface area contributed by atoms with Crippen molar-refractivity contribution in [3.63, 3.8) is 0 Å². The number of alkyl halides is 4. The quantitative estimate of drug-likeness (QED) is 0.557. The second-order valence-electron chi connectivity index (χ2n) is 10.3. The Morgan fingerprint density at radius 1 is 1.26 bits per heavy atom. The van der Waals surface area contributed by atoms with Gasteiger partial charge in [-0.25, -0.2) is 9.37 Å². The number of anilines is 1. The molecule has 1 N–H and O–H groups in total. The van der Waals surface area contributed by atoms with E-state index in [0.717, 1.165) is 11.3 Å². The van der Waals surface area contributed by atoms with Gasteiger partial charge in [0, 0.05) is 36.3 Å². The van der Waals surface area contributed by atoms with Crippen molar-refractivity contribution >= 4 is 17.4 Å². The van der Waals surface area contributed by atoms with Gasteiger partial charge in [0.15, 0.2) is 5.65 Å². The Morgan fingerprint density at radius 2 is 1.94 bits per heavy atom. The van der Waals surface area contributed by atoms with Gasteiger partial charge in [0.2, 0.25) is 0 Å². The maximum atomic E-state index is 14.0. The highest BCUT2D eigenvalue weighted by Crippen LogP contribution is 2.43. The maximum absolute atomic E-state index is 14.0. The highest BCUT2D eigenvalue weighted by atomic mass is 19.4. The molecule has 1 atom stereocenters. The fraction of sp³-hybridized carbons (Fsp3) is 0.708. The first kappa shape index (κ1) is 24.7. The molecule has 2 aliphatic rings. The van der Waals surface area contributed by atoms with Gasteiger partial charge < -0.3 is 10.0 Å². The van der Waals surface area contributed by atoms with Gasteiger partial charge in [0.05, 0.1) is 11.6 Å². The molecule has 2 aromatic heterocycles. The zero-order chi connectivity index (χ0) is 24.8. The van der Waals surface area contributed by atoms with Crippen molar-refractivity contribution in [1.29, 1.82) is 0 Å². The minimum Gasteiger partial charge on any atom is -0.481 e. The number of rotatable bonds is 5. The molecule has 0 spiro atoms. The van der Waals surface area contributed by atoms with Crippen LogP contribution in [0.1, 0.15) is 81.2 Å². The molecular formula is C24H32F4N4O2. The standard InChI is InChI=1S/C24H32F4N4O2/c1-14(2)20-15(3)29-19-11-18(16-5-7-17(8-6-16)24(26,27)28)30-32(19)21(20)31-10-4-9-23(12-25,13-31)22(33)34/h11,14,16-17H,4-10,12-13H2,1-3H3,(H,33,34)/t16-,17-,23-/m0/s1. The Kier molecular flexibility index (Phi) is 6.54. The van der Waals surface area contributed by atoms with Crippen molar-refractivity contribution < 1.29 is 27.5 Å². The fourth-order valence-corrected chi connectivity index (χ4v) is 5.68. The van der Waals surface area contributed by atoms with Gasteiger partial charge in [-0.2, -0.15) is 22.8 Å². The van der Waals surface area contributed by atoms with Crippen molar-refractivity contribution in [2.75, 3.05) is 24.7 Å². The third kappa shape index (κ3) is 4.35. The lowest BCUT2D eigenvalue weighted by atomic mass is 9.80. The Hall–Kier alpha value is -2.39. The first-order valence-corrected chi connectivity index (χ1v) is 12.0. The van der Waals surface area contributed by atoms with Crippen molar-refractivity contribution in [3.05, 3.63) is 23.0 Å². The van der Waals surface area contributed by atoms with Gasteiger partial charge in [-0.1, -0.05) is 13.8 Å². The fourth-order valence-electron chi connectivity index (χ4n) is 5.68. The second kappa shape index (κ2) is 9.00. The number of nitrogens with zero attached hydrogens (tertiary/aromatic N) is 4. The number of aryl methyl sites for hydroxylation is 1. The summed E-state index contributed by atoms with van der Waals surface area (Å²) in [4.78, 5) is 18.6. The maximum Gasteiger partial charge on any atom is 0.391 e. The molecule has 0 radical (unpaired) electrons. The zero-order valence-corrected chi connectivity index (χ0v) is 19.8. The number of aromatic nitrogens is 3. The molecule has 0 unspecified atom stereocenters. The summed E-state index contributed by atoms with van der Waals surface area (Å²) >= 11 is 0. The Balaban J connectivity index is 1.74. The molecule has 1 saturated carbocycles. The van der Waals surface area contributed by atoms with Crippen LogP contribution in [-0.4, -0.2) is 51.6 Å². The number of halogens is 4. The van der Waals surface area contributed by atoms with Gasteiger partial charge in [0.1, 0.15) is 17.9 Å². The van der Waals surface area contributed by atoms with Crippen molar-refractivity contribution in [3.8, 4) is 0 Å². The summed E-state index contributed by atoms with van der Waals surface area (Å²) in [5, 5.41) is 14.6. The molecule has 34 heavy (non-hydrogen) atoms. The lowest BCUT2D eigenvalue weighted by Gasteiger charge is -2.40. The zero-order valence-electron chi connectivity index (χ0n) is 19.8. The Bertz CT molecular complexity index is 1060. The predicted octanol–water partition coefficient (Wildman–Crippen LogP) is 5.64. The number of carboxylic acid groups (broad SMARTS) is 1. The lowest BCUT2D eigenvalue weighted by Crippen LogP contribution is -2.50. The van der Waals surface area contributed by atoms with Gasteiger partial charge in [-0.3, -0.25) is 4.79 Å². The highest BCUT2D eigenvalue weighted by Gasteiger charge is 2.44. The molecular weight excluding hydrogens is 452 g/mol. The van der Waals surface area contributed by atoms with Gasteiger partial charge in [-0.05, 0) is 51.4 Å². The van der Waals surface area contributed by atoms with Crippen LogP contribution in [0, 0.1) is 18.3 Å². The van der Waals surface area contributed by atoms with Gasteiger partial charge >= 0.3 is 12.1 Å². The first-order valence-electron chi connectivity index (χ1n) is 12.0. The summed E-state index contributed by atoms with van der Waals surface area (Å²) in [6.45, 7) is 5.58. The summed E-state index contributed by atoms with van der Waals surface area (Å²) in [7, 11) is 0.